The Labute approximate surface area is 189 Å². The van der Waals surface area contributed by atoms with Crippen LogP contribution in [0.5, 0.6) is 0 Å². The summed E-state index contributed by atoms with van der Waals surface area (Å²) in [5, 5.41) is 14.7. The molecule has 1 aliphatic heterocycles. The number of allylic oxidation sites excluding steroid dienone is 3. The first-order valence-corrected chi connectivity index (χ1v) is 10.9. The summed E-state index contributed by atoms with van der Waals surface area (Å²) in [5.41, 5.74) is 2.73. The summed E-state index contributed by atoms with van der Waals surface area (Å²) >= 11 is 13.5. The third-order valence-electron chi connectivity index (χ3n) is 4.76. The number of rotatable bonds is 6. The molecule has 0 saturated heterocycles. The van der Waals surface area contributed by atoms with Crippen LogP contribution >= 0.6 is 35.0 Å². The van der Waals surface area contributed by atoms with Crippen molar-refractivity contribution in [3.8, 4) is 6.07 Å². The van der Waals surface area contributed by atoms with E-state index >= 15 is 0 Å². The lowest BCUT2D eigenvalue weighted by atomic mass is 9.81. The molecule has 0 amide bonds. The molecular weight excluding hydrogens is 439 g/mol. The van der Waals surface area contributed by atoms with Gasteiger partial charge in [0.1, 0.15) is 0 Å². The summed E-state index contributed by atoms with van der Waals surface area (Å²) in [4.78, 5) is 25.0. The molecule has 2 aromatic carbocycles. The van der Waals surface area contributed by atoms with E-state index in [2.05, 4.69) is 11.4 Å². The van der Waals surface area contributed by atoms with Crippen LogP contribution in [0.2, 0.25) is 10.0 Å². The molecule has 0 saturated carbocycles. The van der Waals surface area contributed by atoms with Gasteiger partial charge in [0.25, 0.3) is 0 Å². The molecule has 1 unspecified atom stereocenters. The number of ketones is 2. The van der Waals surface area contributed by atoms with Gasteiger partial charge in [-0.05, 0) is 49.7 Å². The Morgan fingerprint density at radius 3 is 2.40 bits per heavy atom. The summed E-state index contributed by atoms with van der Waals surface area (Å²) in [5.74, 6) is -0.682. The minimum Gasteiger partial charge on any atom is -0.353 e. The van der Waals surface area contributed by atoms with Gasteiger partial charge >= 0.3 is 0 Å². The van der Waals surface area contributed by atoms with Crippen molar-refractivity contribution in [2.24, 2.45) is 0 Å². The Hall–Kier alpha value is -2.52. The summed E-state index contributed by atoms with van der Waals surface area (Å²) in [7, 11) is 0. The molecule has 0 bridgehead atoms. The molecule has 2 aromatic rings. The van der Waals surface area contributed by atoms with Gasteiger partial charge in [0.15, 0.2) is 11.6 Å². The maximum absolute atomic E-state index is 12.6. The third kappa shape index (κ3) is 4.62. The molecule has 0 aromatic heterocycles. The summed E-state index contributed by atoms with van der Waals surface area (Å²) in [6.45, 7) is 3.26. The van der Waals surface area contributed by atoms with Crippen molar-refractivity contribution >= 4 is 46.5 Å². The molecule has 7 heteroatoms. The van der Waals surface area contributed by atoms with E-state index in [1.54, 1.807) is 43.3 Å². The van der Waals surface area contributed by atoms with Crippen LogP contribution in [0.15, 0.2) is 70.4 Å². The number of benzene rings is 2. The number of nitrogens with one attached hydrogen (secondary N) is 1. The first-order chi connectivity index (χ1) is 14.3. The highest BCUT2D eigenvalue weighted by atomic mass is 35.5. The fourth-order valence-corrected chi connectivity index (χ4v) is 4.73. The third-order valence-corrected chi connectivity index (χ3v) is 6.37. The molecule has 30 heavy (non-hydrogen) atoms. The second kappa shape index (κ2) is 9.53. The van der Waals surface area contributed by atoms with E-state index in [0.717, 1.165) is 0 Å². The minimum atomic E-state index is -0.587. The maximum atomic E-state index is 12.6. The van der Waals surface area contributed by atoms with E-state index in [1.807, 2.05) is 12.1 Å². The molecule has 0 spiro atoms. The molecule has 1 heterocycles. The van der Waals surface area contributed by atoms with E-state index in [9.17, 15) is 14.9 Å². The van der Waals surface area contributed by atoms with E-state index < -0.39 is 5.92 Å². The Morgan fingerprint density at radius 2 is 1.80 bits per heavy atom. The number of dihydropyridines is 1. The van der Waals surface area contributed by atoms with Crippen LogP contribution in [-0.2, 0) is 4.79 Å². The van der Waals surface area contributed by atoms with Crippen molar-refractivity contribution in [2.75, 3.05) is 5.75 Å². The van der Waals surface area contributed by atoms with Crippen LogP contribution in [0.3, 0.4) is 0 Å². The first kappa shape index (κ1) is 22.2. The average Bonchev–Trinajstić information content (AvgIpc) is 2.72. The minimum absolute atomic E-state index is 0.0865. The van der Waals surface area contributed by atoms with Crippen molar-refractivity contribution in [2.45, 2.75) is 19.8 Å². The molecular formula is C23H18Cl2N2O2S. The molecule has 0 radical (unpaired) electrons. The van der Waals surface area contributed by atoms with Gasteiger partial charge in [-0.1, -0.05) is 53.2 Å². The number of halogens is 2. The lowest BCUT2D eigenvalue weighted by Crippen LogP contribution is -2.27. The van der Waals surface area contributed by atoms with Gasteiger partial charge in [0, 0.05) is 26.9 Å². The number of carbonyl (C=O) groups is 2. The summed E-state index contributed by atoms with van der Waals surface area (Å²) in [6.07, 6.45) is 0. The summed E-state index contributed by atoms with van der Waals surface area (Å²) < 4.78 is 0. The Kier molecular flexibility index (Phi) is 7.04. The van der Waals surface area contributed by atoms with Gasteiger partial charge in [0.2, 0.25) is 0 Å². The normalized spacial score (nSPS) is 16.2. The highest BCUT2D eigenvalue weighted by Crippen LogP contribution is 2.43. The highest BCUT2D eigenvalue weighted by Gasteiger charge is 2.34. The number of hydrogen-bond acceptors (Lipinski definition) is 5. The number of hydrogen-bond donors (Lipinski definition) is 1. The zero-order valence-corrected chi connectivity index (χ0v) is 18.7. The SMILES string of the molecule is CC(=O)C1=C(C)NC(SCC(=O)c2ccc(Cl)cc2)=C(C#N)C1c1ccccc1Cl. The molecule has 3 rings (SSSR count). The number of nitrogens with zero attached hydrogens (tertiary/aromatic N) is 1. The quantitative estimate of drug-likeness (QED) is 0.548. The number of carbonyl (C=O) groups excluding carboxylic acids is 2. The zero-order valence-electron chi connectivity index (χ0n) is 16.3. The van der Waals surface area contributed by atoms with Crippen LogP contribution in [0, 0.1) is 11.3 Å². The zero-order chi connectivity index (χ0) is 21.8. The molecule has 1 aliphatic rings. The maximum Gasteiger partial charge on any atom is 0.173 e. The van der Waals surface area contributed by atoms with Crippen molar-refractivity contribution in [1.29, 1.82) is 5.26 Å². The fourth-order valence-electron chi connectivity index (χ4n) is 3.37. The van der Waals surface area contributed by atoms with Gasteiger partial charge in [-0.2, -0.15) is 5.26 Å². The Morgan fingerprint density at radius 1 is 1.13 bits per heavy atom. The number of Topliss-reactive ketones (excluding diaryl/α,β-unsaturated/α-hetero) is 2. The van der Waals surface area contributed by atoms with Gasteiger partial charge in [-0.25, -0.2) is 0 Å². The van der Waals surface area contributed by atoms with E-state index in [-0.39, 0.29) is 17.3 Å². The van der Waals surface area contributed by atoms with Crippen LogP contribution in [-0.4, -0.2) is 17.3 Å². The molecule has 4 nitrogen and oxygen atoms in total. The van der Waals surface area contributed by atoms with Gasteiger partial charge < -0.3 is 5.32 Å². The second-order valence-corrected chi connectivity index (χ2v) is 8.58. The van der Waals surface area contributed by atoms with E-state index in [1.165, 1.54) is 18.7 Å². The largest absolute Gasteiger partial charge is 0.353 e. The predicted molar refractivity (Wildman–Crippen MR) is 122 cm³/mol. The van der Waals surface area contributed by atoms with Gasteiger partial charge in [0.05, 0.1) is 28.3 Å². The fraction of sp³-hybridized carbons (Fsp3) is 0.174. The number of nitriles is 1. The Balaban J connectivity index is 1.97. The Bertz CT molecular complexity index is 1110. The molecule has 0 fully saturated rings. The lowest BCUT2D eigenvalue weighted by molar-refractivity contribution is -0.113. The summed E-state index contributed by atoms with van der Waals surface area (Å²) in [6, 6.07) is 16.1. The molecule has 0 aliphatic carbocycles. The van der Waals surface area contributed by atoms with Crippen molar-refractivity contribution in [1.82, 2.24) is 5.32 Å². The van der Waals surface area contributed by atoms with Gasteiger partial charge in [-0.15, -0.1) is 0 Å². The van der Waals surface area contributed by atoms with Crippen molar-refractivity contribution in [3.63, 3.8) is 0 Å². The van der Waals surface area contributed by atoms with E-state index in [4.69, 9.17) is 23.2 Å². The van der Waals surface area contributed by atoms with Crippen LogP contribution in [0.4, 0.5) is 0 Å². The highest BCUT2D eigenvalue weighted by molar-refractivity contribution is 8.03. The van der Waals surface area contributed by atoms with Crippen LogP contribution < -0.4 is 5.32 Å². The molecule has 152 valence electrons. The lowest BCUT2D eigenvalue weighted by Gasteiger charge is -2.29. The second-order valence-electron chi connectivity index (χ2n) is 6.75. The van der Waals surface area contributed by atoms with Crippen LogP contribution in [0.25, 0.3) is 0 Å². The topological polar surface area (TPSA) is 70.0 Å². The number of thioether (sulfide) groups is 1. The van der Waals surface area contributed by atoms with Gasteiger partial charge in [-0.3, -0.25) is 9.59 Å². The monoisotopic (exact) mass is 456 g/mol. The smallest absolute Gasteiger partial charge is 0.173 e. The predicted octanol–water partition coefficient (Wildman–Crippen LogP) is 5.89. The van der Waals surface area contributed by atoms with E-state index in [0.29, 0.717) is 43.0 Å². The average molecular weight is 457 g/mol. The van der Waals surface area contributed by atoms with Crippen molar-refractivity contribution in [3.05, 3.63) is 91.6 Å². The first-order valence-electron chi connectivity index (χ1n) is 9.12. The molecule has 1 atom stereocenters. The molecule has 1 N–H and O–H groups in total. The van der Waals surface area contributed by atoms with Crippen molar-refractivity contribution < 1.29 is 9.59 Å². The standard InChI is InChI=1S/C23H18Cl2N2O2S/c1-13-21(14(2)28)22(17-5-3-4-6-19(17)25)18(11-26)23(27-13)30-12-20(29)15-7-9-16(24)10-8-15/h3-10,22,27H,12H2,1-2H3. The van der Waals surface area contributed by atoms with Crippen LogP contribution in [0.1, 0.15) is 35.7 Å².